The van der Waals surface area contributed by atoms with Crippen molar-refractivity contribution >= 4 is 18.5 Å². The fourth-order valence-electron chi connectivity index (χ4n) is 1.09. The van der Waals surface area contributed by atoms with Gasteiger partial charge in [0.25, 0.3) is 6.47 Å². The number of hydrogen-bond donors (Lipinski definition) is 0. The van der Waals surface area contributed by atoms with E-state index < -0.39 is 5.97 Å². The number of carbonyl (C=O) groups is 2. The van der Waals surface area contributed by atoms with E-state index in [2.05, 4.69) is 4.74 Å². The van der Waals surface area contributed by atoms with Crippen LogP contribution in [-0.4, -0.2) is 19.0 Å². The molecule has 0 heterocycles. The van der Waals surface area contributed by atoms with Gasteiger partial charge in [-0.05, 0) is 11.6 Å². The minimum Gasteiger partial charge on any atom is -0.462 e. The number of benzene rings is 1. The molecule has 0 bridgehead atoms. The van der Waals surface area contributed by atoms with Crippen LogP contribution in [-0.2, 0) is 19.1 Å². The zero-order valence-corrected chi connectivity index (χ0v) is 9.24. The molecule has 0 saturated heterocycles. The molecule has 89 valence electrons. The van der Waals surface area contributed by atoms with Crippen LogP contribution in [0.3, 0.4) is 0 Å². The van der Waals surface area contributed by atoms with E-state index in [1.807, 2.05) is 30.3 Å². The summed E-state index contributed by atoms with van der Waals surface area (Å²) in [4.78, 5) is 21.0. The Morgan fingerprint density at radius 1 is 1.24 bits per heavy atom. The molecule has 0 aliphatic rings. The Hall–Kier alpha value is -2.10. The van der Waals surface area contributed by atoms with Crippen LogP contribution in [0, 0.1) is 6.61 Å². The van der Waals surface area contributed by atoms with Crippen molar-refractivity contribution in [3.8, 4) is 0 Å². The molecule has 0 atom stereocenters. The summed E-state index contributed by atoms with van der Waals surface area (Å²) in [6.45, 7) is 1.78. The number of hydrogen-bond acceptors (Lipinski definition) is 4. The molecule has 0 amide bonds. The van der Waals surface area contributed by atoms with Gasteiger partial charge in [0.2, 0.25) is 0 Å². The van der Waals surface area contributed by atoms with Crippen LogP contribution in [0.1, 0.15) is 12.0 Å². The fraction of sp³-hybridized carbons (Fsp3) is 0.154. The Morgan fingerprint density at radius 2 is 2.00 bits per heavy atom. The highest BCUT2D eigenvalue weighted by atomic mass is 16.5. The van der Waals surface area contributed by atoms with Crippen molar-refractivity contribution in [2.24, 2.45) is 0 Å². The summed E-state index contributed by atoms with van der Waals surface area (Å²) < 4.78 is 9.19. The molecule has 1 radical (unpaired) electrons. The van der Waals surface area contributed by atoms with Gasteiger partial charge in [0.05, 0.1) is 6.61 Å². The summed E-state index contributed by atoms with van der Waals surface area (Å²) in [5.74, 6) is -0.423. The van der Waals surface area contributed by atoms with Gasteiger partial charge in [-0.3, -0.25) is 4.79 Å². The van der Waals surface area contributed by atoms with Crippen LogP contribution >= 0.6 is 0 Å². The SMILES string of the molecule is O=CO[CH]CCOC(=O)C=Cc1ccccc1. The van der Waals surface area contributed by atoms with E-state index >= 15 is 0 Å². The van der Waals surface area contributed by atoms with Gasteiger partial charge in [0.1, 0.15) is 6.61 Å². The summed E-state index contributed by atoms with van der Waals surface area (Å²) in [5, 5.41) is 0. The summed E-state index contributed by atoms with van der Waals surface area (Å²) in [6.07, 6.45) is 3.41. The summed E-state index contributed by atoms with van der Waals surface area (Å²) in [5.41, 5.74) is 0.931. The van der Waals surface area contributed by atoms with Crippen molar-refractivity contribution in [2.75, 3.05) is 6.61 Å². The van der Waals surface area contributed by atoms with E-state index in [0.717, 1.165) is 5.56 Å². The molecule has 0 spiro atoms. The molecule has 1 aromatic carbocycles. The van der Waals surface area contributed by atoms with Crippen LogP contribution in [0.25, 0.3) is 6.08 Å². The Bertz CT molecular complexity index is 370. The third-order valence-corrected chi connectivity index (χ3v) is 1.84. The maximum Gasteiger partial charge on any atom is 0.330 e. The smallest absolute Gasteiger partial charge is 0.330 e. The summed E-state index contributed by atoms with van der Waals surface area (Å²) >= 11 is 0. The molecule has 17 heavy (non-hydrogen) atoms. The highest BCUT2D eigenvalue weighted by Crippen LogP contribution is 2.01. The molecule has 0 unspecified atom stereocenters. The lowest BCUT2D eigenvalue weighted by Crippen LogP contribution is -2.02. The number of carbonyl (C=O) groups excluding carboxylic acids is 2. The maximum atomic E-state index is 11.2. The standard InChI is InChI=1S/C13H13O4/c14-11-16-9-4-10-17-13(15)8-7-12-5-2-1-3-6-12/h1-3,5-9,11H,4,10H2. The van der Waals surface area contributed by atoms with Crippen molar-refractivity contribution in [2.45, 2.75) is 6.42 Å². The number of ether oxygens (including phenoxy) is 2. The van der Waals surface area contributed by atoms with E-state index in [1.165, 1.54) is 12.7 Å². The molecule has 0 aliphatic heterocycles. The van der Waals surface area contributed by atoms with Gasteiger partial charge in [-0.25, -0.2) is 4.79 Å². The molecule has 4 nitrogen and oxygen atoms in total. The Morgan fingerprint density at radius 3 is 2.71 bits per heavy atom. The molecule has 1 aromatic rings. The first-order valence-electron chi connectivity index (χ1n) is 5.13. The molecule has 0 N–H and O–H groups in total. The lowest BCUT2D eigenvalue weighted by molar-refractivity contribution is -0.137. The van der Waals surface area contributed by atoms with Gasteiger partial charge in [-0.2, -0.15) is 0 Å². The van der Waals surface area contributed by atoms with E-state index in [1.54, 1.807) is 6.08 Å². The second-order valence-electron chi connectivity index (χ2n) is 3.10. The number of rotatable bonds is 7. The lowest BCUT2D eigenvalue weighted by atomic mass is 10.2. The Balaban J connectivity index is 2.21. The largest absolute Gasteiger partial charge is 0.462 e. The van der Waals surface area contributed by atoms with Crippen molar-refractivity contribution in [1.82, 2.24) is 0 Å². The second kappa shape index (κ2) is 8.10. The Kier molecular flexibility index (Phi) is 6.18. The highest BCUT2D eigenvalue weighted by molar-refractivity contribution is 5.86. The molecule has 0 aromatic heterocycles. The van der Waals surface area contributed by atoms with Gasteiger partial charge in [-0.1, -0.05) is 30.3 Å². The zero-order valence-electron chi connectivity index (χ0n) is 9.24. The highest BCUT2D eigenvalue weighted by Gasteiger charge is 1.96. The maximum absolute atomic E-state index is 11.2. The van der Waals surface area contributed by atoms with E-state index in [-0.39, 0.29) is 6.61 Å². The topological polar surface area (TPSA) is 52.6 Å². The normalized spacial score (nSPS) is 10.1. The van der Waals surface area contributed by atoms with Gasteiger partial charge in [0, 0.05) is 12.5 Å². The predicted octanol–water partition coefficient (Wildman–Crippen LogP) is 1.97. The van der Waals surface area contributed by atoms with E-state index in [9.17, 15) is 9.59 Å². The van der Waals surface area contributed by atoms with E-state index in [0.29, 0.717) is 12.9 Å². The predicted molar refractivity (Wildman–Crippen MR) is 62.5 cm³/mol. The average Bonchev–Trinajstić information content (AvgIpc) is 2.37. The summed E-state index contributed by atoms with van der Waals surface area (Å²) in [7, 11) is 0. The minimum absolute atomic E-state index is 0.186. The van der Waals surface area contributed by atoms with Crippen LogP contribution in [0.5, 0.6) is 0 Å². The third-order valence-electron chi connectivity index (χ3n) is 1.84. The molecule has 0 saturated carbocycles. The van der Waals surface area contributed by atoms with Gasteiger partial charge in [0.15, 0.2) is 0 Å². The van der Waals surface area contributed by atoms with Crippen molar-refractivity contribution < 1.29 is 19.1 Å². The van der Waals surface area contributed by atoms with Gasteiger partial charge >= 0.3 is 5.97 Å². The van der Waals surface area contributed by atoms with Crippen molar-refractivity contribution in [1.29, 1.82) is 0 Å². The first-order valence-corrected chi connectivity index (χ1v) is 5.13. The van der Waals surface area contributed by atoms with Crippen LogP contribution in [0.4, 0.5) is 0 Å². The van der Waals surface area contributed by atoms with Gasteiger partial charge in [-0.15, -0.1) is 0 Å². The van der Waals surface area contributed by atoms with Crippen LogP contribution in [0.15, 0.2) is 36.4 Å². The first-order chi connectivity index (χ1) is 8.33. The first kappa shape index (κ1) is 13.0. The summed E-state index contributed by atoms with van der Waals surface area (Å²) in [6, 6.07) is 9.44. The molecular formula is C13H13O4. The van der Waals surface area contributed by atoms with E-state index in [4.69, 9.17) is 4.74 Å². The number of esters is 1. The molecule has 1 rings (SSSR count). The quantitative estimate of drug-likeness (QED) is 0.313. The molecule has 4 heteroatoms. The van der Waals surface area contributed by atoms with Crippen molar-refractivity contribution in [3.63, 3.8) is 0 Å². The zero-order chi connectivity index (χ0) is 12.3. The average molecular weight is 233 g/mol. The molecule has 0 aliphatic carbocycles. The molecule has 0 fully saturated rings. The minimum atomic E-state index is -0.423. The van der Waals surface area contributed by atoms with Crippen LogP contribution in [0.2, 0.25) is 0 Å². The fourth-order valence-corrected chi connectivity index (χ4v) is 1.09. The Labute approximate surface area is 99.8 Å². The van der Waals surface area contributed by atoms with Crippen LogP contribution < -0.4 is 0 Å². The lowest BCUT2D eigenvalue weighted by Gasteiger charge is -2.00. The van der Waals surface area contributed by atoms with Gasteiger partial charge < -0.3 is 9.47 Å². The monoisotopic (exact) mass is 233 g/mol. The van der Waals surface area contributed by atoms with Crippen molar-refractivity contribution in [3.05, 3.63) is 48.6 Å². The molecular weight excluding hydrogens is 220 g/mol. The second-order valence-corrected chi connectivity index (χ2v) is 3.10. The third kappa shape index (κ3) is 6.14.